The number of aliphatic carboxylic acids is 1. The van der Waals surface area contributed by atoms with E-state index in [-0.39, 0.29) is 23.7 Å². The molecule has 5 atom stereocenters. The minimum absolute atomic E-state index is 0.0434. The quantitative estimate of drug-likeness (QED) is 0.745. The number of nitrogens with one attached hydrogen (secondary N) is 1. The molecule has 1 amide bonds. The number of carbonyl (C=O) groups excluding carboxylic acids is 1. The van der Waals surface area contributed by atoms with Crippen LogP contribution in [0.3, 0.4) is 0 Å². The first-order valence-corrected chi connectivity index (χ1v) is 8.04. The third kappa shape index (κ3) is 2.59. The van der Waals surface area contributed by atoms with Gasteiger partial charge < -0.3 is 10.4 Å². The molecule has 0 aromatic rings. The van der Waals surface area contributed by atoms with E-state index in [0.717, 1.165) is 25.9 Å². The number of hydrogen-bond donors (Lipinski definition) is 2. The molecule has 21 heavy (non-hydrogen) atoms. The van der Waals surface area contributed by atoms with E-state index in [1.54, 1.807) is 0 Å². The molecule has 116 valence electrons. The van der Waals surface area contributed by atoms with Gasteiger partial charge in [-0.15, -0.1) is 0 Å². The normalized spacial score (nSPS) is 38.0. The van der Waals surface area contributed by atoms with Crippen molar-refractivity contribution in [1.82, 2.24) is 10.2 Å². The van der Waals surface area contributed by atoms with Gasteiger partial charge >= 0.3 is 5.97 Å². The lowest BCUT2D eigenvalue weighted by Crippen LogP contribution is -2.45. The van der Waals surface area contributed by atoms with Crippen LogP contribution in [0, 0.1) is 23.7 Å². The molecule has 2 fully saturated rings. The molecule has 1 saturated carbocycles. The summed E-state index contributed by atoms with van der Waals surface area (Å²) in [5.74, 6) is -1.66. The first kappa shape index (κ1) is 14.6. The number of carboxylic acids is 1. The van der Waals surface area contributed by atoms with Gasteiger partial charge in [-0.1, -0.05) is 19.1 Å². The largest absolute Gasteiger partial charge is 0.481 e. The second kappa shape index (κ2) is 5.79. The van der Waals surface area contributed by atoms with Crippen molar-refractivity contribution in [2.45, 2.75) is 32.2 Å². The second-order valence-corrected chi connectivity index (χ2v) is 6.51. The van der Waals surface area contributed by atoms with Crippen molar-refractivity contribution in [2.75, 3.05) is 19.6 Å². The van der Waals surface area contributed by atoms with E-state index >= 15 is 0 Å². The van der Waals surface area contributed by atoms with Gasteiger partial charge in [0.05, 0.1) is 11.8 Å². The fourth-order valence-corrected chi connectivity index (χ4v) is 4.40. The molecular formula is C16H24N2O3. The molecular weight excluding hydrogens is 268 g/mol. The number of hydrogen-bond acceptors (Lipinski definition) is 3. The van der Waals surface area contributed by atoms with Gasteiger partial charge in [-0.25, -0.2) is 0 Å². The Labute approximate surface area is 125 Å². The van der Waals surface area contributed by atoms with Crippen molar-refractivity contribution in [3.63, 3.8) is 0 Å². The van der Waals surface area contributed by atoms with Crippen LogP contribution in [0.5, 0.6) is 0 Å². The van der Waals surface area contributed by atoms with Crippen molar-refractivity contribution in [1.29, 1.82) is 0 Å². The van der Waals surface area contributed by atoms with Crippen LogP contribution in [-0.2, 0) is 9.59 Å². The molecule has 1 aliphatic heterocycles. The van der Waals surface area contributed by atoms with Gasteiger partial charge in [-0.3, -0.25) is 14.5 Å². The lowest BCUT2D eigenvalue weighted by atomic mass is 9.82. The number of likely N-dealkylation sites (N-methyl/N-ethyl adjacent to an activating group) is 1. The molecule has 1 saturated heterocycles. The summed E-state index contributed by atoms with van der Waals surface area (Å²) < 4.78 is 0. The van der Waals surface area contributed by atoms with Crippen LogP contribution in [0.4, 0.5) is 0 Å². The predicted molar refractivity (Wildman–Crippen MR) is 78.6 cm³/mol. The molecule has 2 bridgehead atoms. The van der Waals surface area contributed by atoms with E-state index in [9.17, 15) is 14.7 Å². The Kier molecular flexibility index (Phi) is 4.02. The number of fused-ring (bicyclic) bond motifs is 2. The average Bonchev–Trinajstić information content (AvgIpc) is 3.18. The fourth-order valence-electron chi connectivity index (χ4n) is 4.40. The Morgan fingerprint density at radius 2 is 2.00 bits per heavy atom. The van der Waals surface area contributed by atoms with E-state index in [2.05, 4.69) is 17.1 Å². The maximum absolute atomic E-state index is 12.5. The van der Waals surface area contributed by atoms with Crippen LogP contribution in [0.1, 0.15) is 26.2 Å². The van der Waals surface area contributed by atoms with Crippen LogP contribution in [0.15, 0.2) is 12.2 Å². The lowest BCUT2D eigenvalue weighted by molar-refractivity contribution is -0.147. The first-order chi connectivity index (χ1) is 10.1. The Balaban J connectivity index is 1.60. The Hall–Kier alpha value is -1.36. The molecule has 3 aliphatic rings. The zero-order valence-corrected chi connectivity index (χ0v) is 12.5. The highest BCUT2D eigenvalue weighted by atomic mass is 16.4. The number of carbonyl (C=O) groups is 2. The zero-order valence-electron chi connectivity index (χ0n) is 12.5. The molecule has 0 aromatic heterocycles. The van der Waals surface area contributed by atoms with Gasteiger partial charge in [-0.05, 0) is 44.2 Å². The van der Waals surface area contributed by atoms with Gasteiger partial charge in [0.2, 0.25) is 5.91 Å². The lowest BCUT2D eigenvalue weighted by Gasteiger charge is -2.27. The number of amides is 1. The van der Waals surface area contributed by atoms with Gasteiger partial charge in [-0.2, -0.15) is 0 Å². The van der Waals surface area contributed by atoms with Crippen LogP contribution in [0.2, 0.25) is 0 Å². The summed E-state index contributed by atoms with van der Waals surface area (Å²) in [6, 6.07) is 0.413. The Morgan fingerprint density at radius 1 is 1.29 bits per heavy atom. The molecule has 1 heterocycles. The Bertz CT molecular complexity index is 462. The summed E-state index contributed by atoms with van der Waals surface area (Å²) in [6.45, 7) is 4.90. The van der Waals surface area contributed by atoms with Crippen molar-refractivity contribution in [3.05, 3.63) is 12.2 Å². The number of rotatable bonds is 5. The summed E-state index contributed by atoms with van der Waals surface area (Å²) in [6.07, 6.45) is 7.13. The maximum atomic E-state index is 12.5. The number of nitrogens with zero attached hydrogens (tertiary/aromatic N) is 1. The number of carboxylic acid groups (broad SMARTS) is 1. The molecule has 2 aliphatic carbocycles. The topological polar surface area (TPSA) is 69.6 Å². The number of likely N-dealkylation sites (tertiary alicyclic amines) is 1. The van der Waals surface area contributed by atoms with E-state index in [1.165, 1.54) is 6.42 Å². The molecule has 2 N–H and O–H groups in total. The maximum Gasteiger partial charge on any atom is 0.307 e. The summed E-state index contributed by atoms with van der Waals surface area (Å²) >= 11 is 0. The van der Waals surface area contributed by atoms with E-state index in [1.807, 2.05) is 12.2 Å². The van der Waals surface area contributed by atoms with Crippen LogP contribution >= 0.6 is 0 Å². The summed E-state index contributed by atoms with van der Waals surface area (Å²) in [7, 11) is 0. The highest BCUT2D eigenvalue weighted by Gasteiger charge is 2.51. The zero-order chi connectivity index (χ0) is 15.0. The fraction of sp³-hybridized carbons (Fsp3) is 0.750. The minimum atomic E-state index is -0.831. The molecule has 5 heteroatoms. The van der Waals surface area contributed by atoms with Crippen LogP contribution < -0.4 is 5.32 Å². The molecule has 3 unspecified atom stereocenters. The molecule has 3 rings (SSSR count). The van der Waals surface area contributed by atoms with Crippen LogP contribution in [0.25, 0.3) is 0 Å². The highest BCUT2D eigenvalue weighted by Crippen LogP contribution is 2.48. The third-order valence-electron chi connectivity index (χ3n) is 5.46. The van der Waals surface area contributed by atoms with Gasteiger partial charge in [0, 0.05) is 12.6 Å². The van der Waals surface area contributed by atoms with E-state index in [4.69, 9.17) is 0 Å². The van der Waals surface area contributed by atoms with E-state index in [0.29, 0.717) is 12.6 Å². The minimum Gasteiger partial charge on any atom is -0.481 e. The SMILES string of the molecule is CCN1CCCC1CNC(=O)[C@H]1C2C=CC(C2)[C@H]1C(=O)O. The van der Waals surface area contributed by atoms with Crippen molar-refractivity contribution < 1.29 is 14.7 Å². The van der Waals surface area contributed by atoms with Crippen LogP contribution in [-0.4, -0.2) is 47.6 Å². The average molecular weight is 292 g/mol. The molecule has 0 aromatic carbocycles. The van der Waals surface area contributed by atoms with Crippen molar-refractivity contribution in [3.8, 4) is 0 Å². The smallest absolute Gasteiger partial charge is 0.307 e. The van der Waals surface area contributed by atoms with E-state index < -0.39 is 11.9 Å². The van der Waals surface area contributed by atoms with Gasteiger partial charge in [0.15, 0.2) is 0 Å². The standard InChI is InChI=1S/C16H24N2O3/c1-2-18-7-3-4-12(18)9-17-15(19)13-10-5-6-11(8-10)14(13)16(20)21/h5-6,10-14H,2-4,7-9H2,1H3,(H,17,19)(H,20,21)/t10?,11?,12?,13-,14+/m0/s1. The van der Waals surface area contributed by atoms with Gasteiger partial charge in [0.25, 0.3) is 0 Å². The highest BCUT2D eigenvalue weighted by molar-refractivity contribution is 5.86. The second-order valence-electron chi connectivity index (χ2n) is 6.51. The summed E-state index contributed by atoms with van der Waals surface area (Å²) in [5, 5.41) is 12.4. The van der Waals surface area contributed by atoms with Crippen molar-refractivity contribution >= 4 is 11.9 Å². The van der Waals surface area contributed by atoms with Gasteiger partial charge in [0.1, 0.15) is 0 Å². The summed E-state index contributed by atoms with van der Waals surface area (Å²) in [4.78, 5) is 26.3. The first-order valence-electron chi connectivity index (χ1n) is 8.04. The molecule has 0 radical (unpaired) electrons. The van der Waals surface area contributed by atoms with Crippen molar-refractivity contribution in [2.24, 2.45) is 23.7 Å². The predicted octanol–water partition coefficient (Wildman–Crippen LogP) is 1.11. The number of allylic oxidation sites excluding steroid dienone is 2. The Morgan fingerprint density at radius 3 is 2.67 bits per heavy atom. The third-order valence-corrected chi connectivity index (χ3v) is 5.46. The molecule has 5 nitrogen and oxygen atoms in total. The summed E-state index contributed by atoms with van der Waals surface area (Å²) in [5.41, 5.74) is 0. The molecule has 0 spiro atoms. The monoisotopic (exact) mass is 292 g/mol.